The van der Waals surface area contributed by atoms with Crippen molar-refractivity contribution < 1.29 is 32.1 Å². The summed E-state index contributed by atoms with van der Waals surface area (Å²) in [6.45, 7) is 6.76. The second-order valence-corrected chi connectivity index (χ2v) is 14.3. The molecule has 230 valence electrons. The fourth-order valence-electron chi connectivity index (χ4n) is 4.24. The highest BCUT2D eigenvalue weighted by atomic mass is 79.9. The number of carbonyl (C=O) groups is 3. The van der Waals surface area contributed by atoms with Crippen LogP contribution in [-0.2, 0) is 19.3 Å². The molecule has 1 atom stereocenters. The van der Waals surface area contributed by atoms with E-state index in [1.165, 1.54) is 31.6 Å². The molecule has 1 aliphatic rings. The number of ether oxygens (including phenoxy) is 1. The summed E-state index contributed by atoms with van der Waals surface area (Å²) in [7, 11) is -1.87. The van der Waals surface area contributed by atoms with E-state index in [0.29, 0.717) is 22.4 Å². The van der Waals surface area contributed by atoms with E-state index < -0.39 is 45.7 Å². The van der Waals surface area contributed by atoms with Crippen LogP contribution in [0.5, 0.6) is 0 Å². The Labute approximate surface area is 253 Å². The maximum atomic E-state index is 14.0. The Morgan fingerprint density at radius 3 is 2.60 bits per heavy atom. The molecule has 1 aromatic heterocycles. The Morgan fingerprint density at radius 2 is 1.93 bits per heavy atom. The van der Waals surface area contributed by atoms with Gasteiger partial charge in [-0.3, -0.25) is 9.59 Å². The number of pyridine rings is 1. The lowest BCUT2D eigenvalue weighted by atomic mass is 10.1. The third kappa shape index (κ3) is 8.93. The maximum Gasteiger partial charge on any atom is 0.410 e. The predicted molar refractivity (Wildman–Crippen MR) is 161 cm³/mol. The molecule has 42 heavy (non-hydrogen) atoms. The van der Waals surface area contributed by atoms with Gasteiger partial charge in [-0.15, -0.1) is 0 Å². The molecule has 14 heteroatoms. The molecule has 0 saturated carbocycles. The molecule has 1 aromatic carbocycles. The van der Waals surface area contributed by atoms with Crippen LogP contribution in [0.2, 0.25) is 0 Å². The minimum Gasteiger partial charge on any atom is -0.444 e. The summed E-state index contributed by atoms with van der Waals surface area (Å²) >= 11 is 3.40. The Morgan fingerprint density at radius 1 is 1.24 bits per heavy atom. The van der Waals surface area contributed by atoms with Gasteiger partial charge in [0.2, 0.25) is 5.92 Å². The quantitative estimate of drug-likeness (QED) is 0.407. The van der Waals surface area contributed by atoms with Crippen LogP contribution in [0.25, 0.3) is 0 Å². The van der Waals surface area contributed by atoms with Crippen molar-refractivity contribution in [2.45, 2.75) is 63.4 Å². The summed E-state index contributed by atoms with van der Waals surface area (Å²) in [5.41, 5.74) is 0.344. The maximum absolute atomic E-state index is 14.0. The van der Waals surface area contributed by atoms with E-state index in [1.807, 2.05) is 0 Å². The summed E-state index contributed by atoms with van der Waals surface area (Å²) in [6.07, 6.45) is 1.80. The average molecular weight is 673 g/mol. The van der Waals surface area contributed by atoms with Crippen molar-refractivity contribution in [3.05, 3.63) is 46.1 Å². The van der Waals surface area contributed by atoms with Crippen LogP contribution in [0, 0.1) is 6.92 Å². The highest BCUT2D eigenvalue weighted by molar-refractivity contribution is 9.10. The van der Waals surface area contributed by atoms with Gasteiger partial charge in [-0.25, -0.2) is 22.8 Å². The molecule has 1 aliphatic heterocycles. The second-order valence-electron chi connectivity index (χ2n) is 11.2. The van der Waals surface area contributed by atoms with Crippen LogP contribution >= 0.6 is 15.9 Å². The molecule has 2 heterocycles. The number of rotatable bonds is 6. The largest absolute Gasteiger partial charge is 0.444 e. The van der Waals surface area contributed by atoms with Gasteiger partial charge in [0.25, 0.3) is 11.8 Å². The van der Waals surface area contributed by atoms with Gasteiger partial charge in [0, 0.05) is 60.5 Å². The van der Waals surface area contributed by atoms with Gasteiger partial charge >= 0.3 is 6.09 Å². The first-order chi connectivity index (χ1) is 19.4. The molecule has 1 N–H and O–H groups in total. The standard InChI is InChI=1S/C28H36BrF2N5O5S/c1-18-21(29)16-32-24(36-13-8-11-28(30,31)12-14-36)23(18)25(38)33-19-9-7-10-20(15-19)42(6,40)34-22(37)17-35(5)26(39)41-27(2,3)4/h7,9-10,15-16H,8,11-14,17H2,1-6H3,(H,33,38)/t42-/m1/s1. The van der Waals surface area contributed by atoms with Gasteiger partial charge < -0.3 is 19.9 Å². The summed E-state index contributed by atoms with van der Waals surface area (Å²) in [5, 5.41) is 2.78. The second kappa shape index (κ2) is 13.0. The number of anilines is 2. The number of nitrogens with zero attached hydrogens (tertiary/aromatic N) is 4. The van der Waals surface area contributed by atoms with Crippen molar-refractivity contribution in [2.75, 3.05) is 43.2 Å². The minimum atomic E-state index is -3.25. The molecule has 0 aliphatic carbocycles. The van der Waals surface area contributed by atoms with Crippen LogP contribution in [0.3, 0.4) is 0 Å². The average Bonchev–Trinajstić information content (AvgIpc) is 3.04. The van der Waals surface area contributed by atoms with Crippen molar-refractivity contribution in [2.24, 2.45) is 4.36 Å². The van der Waals surface area contributed by atoms with E-state index in [-0.39, 0.29) is 42.0 Å². The molecule has 10 nitrogen and oxygen atoms in total. The SMILES string of the molecule is Cc1c(Br)cnc(N2CCCC(F)(F)CC2)c1C(=O)Nc1cccc([S@@](C)(=O)=NC(=O)CN(C)C(=O)OC(C)(C)C)c1. The lowest BCUT2D eigenvalue weighted by molar-refractivity contribution is -0.118. The first kappa shape index (κ1) is 33.4. The van der Waals surface area contributed by atoms with Gasteiger partial charge in [-0.05, 0) is 73.8 Å². The predicted octanol–water partition coefficient (Wildman–Crippen LogP) is 5.88. The normalized spacial score (nSPS) is 16.5. The molecular weight excluding hydrogens is 636 g/mol. The van der Waals surface area contributed by atoms with E-state index in [2.05, 4.69) is 30.6 Å². The molecule has 3 amide bonds. The molecule has 0 unspecified atom stereocenters. The molecule has 1 fully saturated rings. The smallest absolute Gasteiger partial charge is 0.410 e. The Bertz CT molecular complexity index is 1490. The minimum absolute atomic E-state index is 0.0490. The fraction of sp³-hybridized carbons (Fsp3) is 0.500. The number of hydrogen-bond acceptors (Lipinski definition) is 7. The van der Waals surface area contributed by atoms with Crippen molar-refractivity contribution in [3.8, 4) is 0 Å². The first-order valence-corrected chi connectivity index (χ1v) is 16.0. The van der Waals surface area contributed by atoms with E-state index in [4.69, 9.17) is 4.74 Å². The van der Waals surface area contributed by atoms with Crippen molar-refractivity contribution in [1.29, 1.82) is 0 Å². The van der Waals surface area contributed by atoms with Crippen molar-refractivity contribution in [1.82, 2.24) is 9.88 Å². The summed E-state index contributed by atoms with van der Waals surface area (Å²) in [6, 6.07) is 6.11. The molecule has 0 bridgehead atoms. The fourth-order valence-corrected chi connectivity index (χ4v) is 5.77. The number of benzene rings is 1. The highest BCUT2D eigenvalue weighted by Crippen LogP contribution is 2.33. The summed E-state index contributed by atoms with van der Waals surface area (Å²) < 4.78 is 51.1. The van der Waals surface area contributed by atoms with Crippen LogP contribution in [0.1, 0.15) is 56.0 Å². The third-order valence-electron chi connectivity index (χ3n) is 6.38. The lowest BCUT2D eigenvalue weighted by Gasteiger charge is -2.25. The number of nitrogens with one attached hydrogen (secondary N) is 1. The molecular formula is C28H36BrF2N5O5S. The van der Waals surface area contributed by atoms with Crippen LogP contribution < -0.4 is 10.2 Å². The van der Waals surface area contributed by atoms with Gasteiger partial charge in [0.05, 0.1) is 15.3 Å². The van der Waals surface area contributed by atoms with Crippen LogP contribution in [0.4, 0.5) is 25.1 Å². The van der Waals surface area contributed by atoms with Gasteiger partial charge in [-0.1, -0.05) is 6.07 Å². The van der Waals surface area contributed by atoms with Crippen molar-refractivity contribution in [3.63, 3.8) is 0 Å². The number of alkyl halides is 2. The Hall–Kier alpha value is -3.13. The van der Waals surface area contributed by atoms with Crippen LogP contribution in [0.15, 0.2) is 44.2 Å². The summed E-state index contributed by atoms with van der Waals surface area (Å²) in [5.74, 6) is -3.78. The number of halogens is 3. The number of amides is 3. The van der Waals surface area contributed by atoms with E-state index in [0.717, 1.165) is 4.90 Å². The number of carbonyl (C=O) groups excluding carboxylic acids is 3. The summed E-state index contributed by atoms with van der Waals surface area (Å²) in [4.78, 5) is 45.6. The topological polar surface area (TPSA) is 121 Å². The third-order valence-corrected chi connectivity index (χ3v) is 8.86. The zero-order valence-electron chi connectivity index (χ0n) is 24.5. The number of hydrogen-bond donors (Lipinski definition) is 1. The molecule has 2 aromatic rings. The first-order valence-electron chi connectivity index (χ1n) is 13.3. The van der Waals surface area contributed by atoms with Gasteiger partial charge in [0.15, 0.2) is 0 Å². The van der Waals surface area contributed by atoms with Gasteiger partial charge in [0.1, 0.15) is 18.0 Å². The van der Waals surface area contributed by atoms with Crippen molar-refractivity contribution >= 4 is 55.1 Å². The molecule has 1 saturated heterocycles. The zero-order valence-corrected chi connectivity index (χ0v) is 26.9. The molecule has 0 spiro atoms. The lowest BCUT2D eigenvalue weighted by Crippen LogP contribution is -2.37. The highest BCUT2D eigenvalue weighted by Gasteiger charge is 2.33. The Kier molecular flexibility index (Phi) is 10.3. The molecule has 3 rings (SSSR count). The monoisotopic (exact) mass is 671 g/mol. The van der Waals surface area contributed by atoms with E-state index >= 15 is 0 Å². The van der Waals surface area contributed by atoms with E-state index in [1.54, 1.807) is 44.7 Å². The zero-order chi connectivity index (χ0) is 31.5. The van der Waals surface area contributed by atoms with E-state index in [9.17, 15) is 27.4 Å². The molecule has 0 radical (unpaired) electrons. The van der Waals surface area contributed by atoms with Crippen LogP contribution in [-0.4, -0.2) is 76.5 Å². The Balaban J connectivity index is 1.83. The number of likely N-dealkylation sites (N-methyl/N-ethyl adjacent to an activating group) is 1. The number of aromatic nitrogens is 1. The van der Waals surface area contributed by atoms with Gasteiger partial charge in [-0.2, -0.15) is 4.36 Å².